The molecule has 32 heavy (non-hydrogen) atoms. The largest absolute Gasteiger partial charge is 0.489 e. The highest BCUT2D eigenvalue weighted by atomic mass is 16.5. The number of nitrogens with one attached hydrogen (secondary N) is 1. The molecule has 5 rings (SSSR count). The highest BCUT2D eigenvalue weighted by Gasteiger charge is 2.28. The van der Waals surface area contributed by atoms with Gasteiger partial charge >= 0.3 is 0 Å². The number of carbonyl (C=O) groups is 1. The van der Waals surface area contributed by atoms with Gasteiger partial charge in [0.05, 0.1) is 19.1 Å². The third-order valence-electron chi connectivity index (χ3n) is 7.83. The average Bonchev–Trinajstić information content (AvgIpc) is 3.34. The SMILES string of the molecule is O=C(NC1CCC(CCN2CCN(c3nccc4c3OCC4)CC2)CC1)C1CCCOC1. The molecular formula is C25H38N4O3. The highest BCUT2D eigenvalue weighted by molar-refractivity contribution is 5.79. The molecule has 0 bridgehead atoms. The number of hydrogen-bond donors (Lipinski definition) is 1. The second-order valence-corrected chi connectivity index (χ2v) is 9.98. The Labute approximate surface area is 191 Å². The number of anilines is 1. The predicted octanol–water partition coefficient (Wildman–Crippen LogP) is 2.63. The summed E-state index contributed by atoms with van der Waals surface area (Å²) in [6.07, 6.45) is 10.9. The molecule has 1 saturated carbocycles. The molecule has 4 heterocycles. The van der Waals surface area contributed by atoms with E-state index in [1.165, 1.54) is 31.4 Å². The Morgan fingerprint density at radius 2 is 1.94 bits per heavy atom. The number of ether oxygens (including phenoxy) is 2. The maximum absolute atomic E-state index is 12.5. The molecule has 176 valence electrons. The van der Waals surface area contributed by atoms with Gasteiger partial charge in [-0.1, -0.05) is 0 Å². The highest BCUT2D eigenvalue weighted by Crippen LogP contribution is 2.34. The predicted molar refractivity (Wildman–Crippen MR) is 124 cm³/mol. The summed E-state index contributed by atoms with van der Waals surface area (Å²) in [5, 5.41) is 3.30. The Hall–Kier alpha value is -1.86. The van der Waals surface area contributed by atoms with E-state index in [0.717, 1.165) is 89.0 Å². The first-order valence-electron chi connectivity index (χ1n) is 12.7. The van der Waals surface area contributed by atoms with Gasteiger partial charge in [-0.2, -0.15) is 0 Å². The van der Waals surface area contributed by atoms with Crippen LogP contribution in [0.1, 0.15) is 50.5 Å². The Bertz CT molecular complexity index is 766. The molecule has 2 saturated heterocycles. The number of aromatic nitrogens is 1. The molecule has 1 atom stereocenters. The minimum atomic E-state index is 0.0684. The number of carbonyl (C=O) groups excluding carboxylic acids is 1. The summed E-state index contributed by atoms with van der Waals surface area (Å²) in [6.45, 7) is 7.63. The Balaban J connectivity index is 1.00. The van der Waals surface area contributed by atoms with Crippen LogP contribution in [0.25, 0.3) is 0 Å². The third-order valence-corrected chi connectivity index (χ3v) is 7.83. The summed E-state index contributed by atoms with van der Waals surface area (Å²) in [5.41, 5.74) is 1.30. The summed E-state index contributed by atoms with van der Waals surface area (Å²) in [5.74, 6) is 3.14. The molecule has 7 heteroatoms. The number of nitrogens with zero attached hydrogens (tertiary/aromatic N) is 3. The molecule has 1 unspecified atom stereocenters. The Kier molecular flexibility index (Phi) is 7.13. The molecule has 1 aliphatic carbocycles. The van der Waals surface area contributed by atoms with Crippen molar-refractivity contribution in [3.05, 3.63) is 17.8 Å². The van der Waals surface area contributed by atoms with Crippen LogP contribution in [0.5, 0.6) is 5.75 Å². The van der Waals surface area contributed by atoms with Gasteiger partial charge in [-0.3, -0.25) is 9.69 Å². The van der Waals surface area contributed by atoms with Crippen molar-refractivity contribution in [3.63, 3.8) is 0 Å². The average molecular weight is 443 g/mol. The van der Waals surface area contributed by atoms with E-state index in [0.29, 0.717) is 12.6 Å². The maximum atomic E-state index is 12.5. The lowest BCUT2D eigenvalue weighted by molar-refractivity contribution is -0.130. The third kappa shape index (κ3) is 5.20. The standard InChI is InChI=1S/C25H38N4O3/c30-25(21-2-1-16-31-18-21)27-22-5-3-19(4-6-22)8-11-28-12-14-29(15-13-28)24-23-20(7-10-26-24)9-17-32-23/h7,10,19,21-22H,1-6,8-9,11-18H2,(H,27,30). The van der Waals surface area contributed by atoms with E-state index < -0.39 is 0 Å². The van der Waals surface area contributed by atoms with Crippen molar-refractivity contribution in [3.8, 4) is 5.75 Å². The molecule has 3 fully saturated rings. The van der Waals surface area contributed by atoms with Crippen molar-refractivity contribution < 1.29 is 14.3 Å². The smallest absolute Gasteiger partial charge is 0.225 e. The molecule has 0 spiro atoms. The molecular weight excluding hydrogens is 404 g/mol. The van der Waals surface area contributed by atoms with Crippen molar-refractivity contribution in [2.75, 3.05) is 57.4 Å². The van der Waals surface area contributed by atoms with E-state index in [1.54, 1.807) is 0 Å². The van der Waals surface area contributed by atoms with Crippen molar-refractivity contribution in [1.82, 2.24) is 15.2 Å². The summed E-state index contributed by atoms with van der Waals surface area (Å²) >= 11 is 0. The van der Waals surface area contributed by atoms with Crippen molar-refractivity contribution in [1.29, 1.82) is 0 Å². The van der Waals surface area contributed by atoms with Crippen LogP contribution in [0.3, 0.4) is 0 Å². The van der Waals surface area contributed by atoms with E-state index in [-0.39, 0.29) is 11.8 Å². The summed E-state index contributed by atoms with van der Waals surface area (Å²) < 4.78 is 11.3. The molecule has 1 aromatic rings. The van der Waals surface area contributed by atoms with Crippen LogP contribution in [0, 0.1) is 11.8 Å². The minimum absolute atomic E-state index is 0.0684. The van der Waals surface area contributed by atoms with Crippen molar-refractivity contribution in [2.45, 2.75) is 57.4 Å². The zero-order valence-corrected chi connectivity index (χ0v) is 19.3. The van der Waals surface area contributed by atoms with Gasteiger partial charge in [0.2, 0.25) is 5.91 Å². The molecule has 7 nitrogen and oxygen atoms in total. The number of rotatable bonds is 6. The fourth-order valence-electron chi connectivity index (χ4n) is 5.73. The van der Waals surface area contributed by atoms with E-state index >= 15 is 0 Å². The molecule has 1 N–H and O–H groups in total. The fraction of sp³-hybridized carbons (Fsp3) is 0.760. The summed E-state index contributed by atoms with van der Waals surface area (Å²) in [6, 6.07) is 2.46. The molecule has 3 aliphatic heterocycles. The number of piperazine rings is 1. The Morgan fingerprint density at radius 1 is 1.09 bits per heavy atom. The Morgan fingerprint density at radius 3 is 2.72 bits per heavy atom. The van der Waals surface area contributed by atoms with Crippen molar-refractivity contribution in [2.24, 2.45) is 11.8 Å². The lowest BCUT2D eigenvalue weighted by atomic mass is 9.83. The number of amides is 1. The molecule has 4 aliphatic rings. The molecule has 1 amide bonds. The fourth-order valence-corrected chi connectivity index (χ4v) is 5.73. The minimum Gasteiger partial charge on any atom is -0.489 e. The topological polar surface area (TPSA) is 66.9 Å². The van der Waals surface area contributed by atoms with E-state index in [4.69, 9.17) is 9.47 Å². The van der Waals surface area contributed by atoms with Gasteiger partial charge in [-0.15, -0.1) is 0 Å². The zero-order chi connectivity index (χ0) is 21.8. The lowest BCUT2D eigenvalue weighted by Crippen LogP contribution is -2.47. The van der Waals surface area contributed by atoms with Gasteiger partial charge in [0, 0.05) is 57.0 Å². The number of pyridine rings is 1. The number of hydrogen-bond acceptors (Lipinski definition) is 6. The van der Waals surface area contributed by atoms with Crippen LogP contribution in [0.2, 0.25) is 0 Å². The second kappa shape index (κ2) is 10.4. The summed E-state index contributed by atoms with van der Waals surface area (Å²) in [4.78, 5) is 22.1. The quantitative estimate of drug-likeness (QED) is 0.731. The summed E-state index contributed by atoms with van der Waals surface area (Å²) in [7, 11) is 0. The van der Waals surface area contributed by atoms with Crippen LogP contribution >= 0.6 is 0 Å². The van der Waals surface area contributed by atoms with Gasteiger partial charge in [-0.25, -0.2) is 4.98 Å². The van der Waals surface area contributed by atoms with Gasteiger partial charge in [0.15, 0.2) is 11.6 Å². The van der Waals surface area contributed by atoms with Crippen molar-refractivity contribution >= 4 is 11.7 Å². The van der Waals surface area contributed by atoms with Gasteiger partial charge < -0.3 is 19.7 Å². The van der Waals surface area contributed by atoms with Crippen LogP contribution in [0.15, 0.2) is 12.3 Å². The maximum Gasteiger partial charge on any atom is 0.225 e. The van der Waals surface area contributed by atoms with Gasteiger partial charge in [0.1, 0.15) is 0 Å². The first-order chi connectivity index (χ1) is 15.8. The number of fused-ring (bicyclic) bond motifs is 1. The van der Waals surface area contributed by atoms with E-state index in [9.17, 15) is 4.79 Å². The molecule has 1 aromatic heterocycles. The lowest BCUT2D eigenvalue weighted by Gasteiger charge is -2.37. The second-order valence-electron chi connectivity index (χ2n) is 9.98. The molecule has 0 aromatic carbocycles. The van der Waals surface area contributed by atoms with Crippen LogP contribution in [-0.2, 0) is 16.0 Å². The van der Waals surface area contributed by atoms with Crippen LogP contribution in [0.4, 0.5) is 5.82 Å². The van der Waals surface area contributed by atoms with E-state index in [2.05, 4.69) is 26.2 Å². The van der Waals surface area contributed by atoms with Gasteiger partial charge in [0.25, 0.3) is 0 Å². The van der Waals surface area contributed by atoms with Crippen LogP contribution < -0.4 is 15.0 Å². The molecule has 0 radical (unpaired) electrons. The monoisotopic (exact) mass is 442 g/mol. The van der Waals surface area contributed by atoms with Crippen LogP contribution in [-0.4, -0.2) is 74.4 Å². The normalized spacial score (nSPS) is 28.8. The van der Waals surface area contributed by atoms with Gasteiger partial charge in [-0.05, 0) is 63.5 Å². The van der Waals surface area contributed by atoms with E-state index in [1.807, 2.05) is 6.20 Å². The first kappa shape index (κ1) is 22.0. The zero-order valence-electron chi connectivity index (χ0n) is 19.3. The first-order valence-corrected chi connectivity index (χ1v) is 12.7.